The number of rotatable bonds is 5. The summed E-state index contributed by atoms with van der Waals surface area (Å²) in [5.41, 5.74) is -0.391. The normalized spacial score (nSPS) is 12.6. The van der Waals surface area contributed by atoms with E-state index in [1.807, 2.05) is 0 Å². The van der Waals surface area contributed by atoms with Crippen molar-refractivity contribution in [2.75, 3.05) is 0 Å². The van der Waals surface area contributed by atoms with Crippen molar-refractivity contribution >= 4 is 17.5 Å². The second-order valence-electron chi connectivity index (χ2n) is 5.53. The third kappa shape index (κ3) is 4.79. The highest BCUT2D eigenvalue weighted by Gasteiger charge is 2.32. The van der Waals surface area contributed by atoms with E-state index in [2.05, 4.69) is 30.9 Å². The van der Waals surface area contributed by atoms with Gasteiger partial charge in [0.1, 0.15) is 11.2 Å². The molecule has 1 unspecified atom stereocenters. The van der Waals surface area contributed by atoms with Crippen molar-refractivity contribution in [1.29, 1.82) is 0 Å². The Labute approximate surface area is 156 Å². The number of aromatic amines is 1. The lowest BCUT2D eigenvalue weighted by Gasteiger charge is -2.16. The van der Waals surface area contributed by atoms with Crippen LogP contribution in [0.2, 0.25) is 5.15 Å². The van der Waals surface area contributed by atoms with Crippen LogP contribution in [0.5, 0.6) is 0 Å². The van der Waals surface area contributed by atoms with Crippen molar-refractivity contribution in [3.63, 3.8) is 0 Å². The minimum atomic E-state index is -4.59. The Morgan fingerprint density at radius 2 is 1.96 bits per heavy atom. The topological polar surface area (TPSA) is 96.5 Å². The van der Waals surface area contributed by atoms with E-state index >= 15 is 0 Å². The molecule has 27 heavy (non-hydrogen) atoms. The van der Waals surface area contributed by atoms with E-state index in [4.69, 9.17) is 11.6 Å². The molecule has 3 aromatic rings. The molecule has 0 aliphatic carbocycles. The lowest BCUT2D eigenvalue weighted by atomic mass is 10.1. The molecule has 0 bridgehead atoms. The van der Waals surface area contributed by atoms with Crippen LogP contribution in [0.4, 0.5) is 13.2 Å². The molecule has 1 aromatic carbocycles. The van der Waals surface area contributed by atoms with Gasteiger partial charge in [-0.25, -0.2) is 4.98 Å². The number of tetrazole rings is 1. The second kappa shape index (κ2) is 7.70. The highest BCUT2D eigenvalue weighted by Crippen LogP contribution is 2.31. The molecule has 1 atom stereocenters. The molecule has 2 aromatic heterocycles. The number of carbonyl (C=O) groups excluding carboxylic acids is 1. The summed E-state index contributed by atoms with van der Waals surface area (Å²) in [6, 6.07) is 9.60. The number of nitrogens with zero attached hydrogens (tertiary/aromatic N) is 4. The number of H-pyrrole nitrogens is 1. The zero-order valence-corrected chi connectivity index (χ0v) is 14.3. The van der Waals surface area contributed by atoms with E-state index in [0.29, 0.717) is 11.6 Å². The quantitative estimate of drug-likeness (QED) is 0.646. The number of pyridine rings is 1. The molecule has 0 fully saturated rings. The standard InChI is InChI=1S/C16H12ClF3N6O/c17-12-7-10(16(18,19)20)6-11(21-12)8-13(27)22-14(15-23-25-26-24-15)9-4-2-1-3-5-9/h1-7,14H,8H2,(H,22,27)(H,23,24,25,26). The molecule has 0 saturated heterocycles. The summed E-state index contributed by atoms with van der Waals surface area (Å²) >= 11 is 5.65. The van der Waals surface area contributed by atoms with Crippen molar-refractivity contribution in [2.24, 2.45) is 0 Å². The minimum Gasteiger partial charge on any atom is -0.342 e. The number of hydrogen-bond donors (Lipinski definition) is 2. The molecule has 11 heteroatoms. The largest absolute Gasteiger partial charge is 0.416 e. The van der Waals surface area contributed by atoms with Crippen LogP contribution < -0.4 is 5.32 Å². The van der Waals surface area contributed by atoms with E-state index in [0.717, 1.165) is 6.07 Å². The molecule has 140 valence electrons. The maximum Gasteiger partial charge on any atom is 0.416 e. The van der Waals surface area contributed by atoms with E-state index < -0.39 is 30.1 Å². The Morgan fingerprint density at radius 1 is 1.22 bits per heavy atom. The lowest BCUT2D eigenvalue weighted by molar-refractivity contribution is -0.137. The molecule has 0 spiro atoms. The number of benzene rings is 1. The number of amides is 1. The molecule has 0 aliphatic heterocycles. The maximum atomic E-state index is 12.9. The Kier molecular flexibility index (Phi) is 5.36. The number of aromatic nitrogens is 5. The van der Waals surface area contributed by atoms with Crippen molar-refractivity contribution in [2.45, 2.75) is 18.6 Å². The van der Waals surface area contributed by atoms with E-state index in [1.165, 1.54) is 0 Å². The maximum absolute atomic E-state index is 12.9. The van der Waals surface area contributed by atoms with Crippen LogP contribution in [0, 0.1) is 0 Å². The van der Waals surface area contributed by atoms with Gasteiger partial charge in [-0.3, -0.25) is 4.79 Å². The van der Waals surface area contributed by atoms with Gasteiger partial charge in [-0.15, -0.1) is 10.2 Å². The van der Waals surface area contributed by atoms with Gasteiger partial charge in [0.2, 0.25) is 11.7 Å². The summed E-state index contributed by atoms with van der Waals surface area (Å²) in [5, 5.41) is 15.8. The van der Waals surface area contributed by atoms with E-state index in [9.17, 15) is 18.0 Å². The predicted octanol–water partition coefficient (Wildman–Crippen LogP) is 2.72. The Morgan fingerprint density at radius 3 is 2.59 bits per heavy atom. The van der Waals surface area contributed by atoms with Gasteiger partial charge < -0.3 is 5.32 Å². The molecule has 3 rings (SSSR count). The third-order valence-corrected chi connectivity index (χ3v) is 3.77. The Bertz CT molecular complexity index is 918. The number of alkyl halides is 3. The molecule has 0 radical (unpaired) electrons. The highest BCUT2D eigenvalue weighted by molar-refractivity contribution is 6.29. The average molecular weight is 397 g/mol. The van der Waals surface area contributed by atoms with Crippen LogP contribution in [0.25, 0.3) is 0 Å². The number of carbonyl (C=O) groups is 1. The highest BCUT2D eigenvalue weighted by atomic mass is 35.5. The Hall–Kier alpha value is -3.01. The zero-order valence-electron chi connectivity index (χ0n) is 13.5. The van der Waals surface area contributed by atoms with E-state index in [-0.39, 0.29) is 16.7 Å². The second-order valence-corrected chi connectivity index (χ2v) is 5.91. The molecule has 0 saturated carbocycles. The molecule has 7 nitrogen and oxygen atoms in total. The van der Waals surface area contributed by atoms with Crippen LogP contribution in [0.15, 0.2) is 42.5 Å². The first-order chi connectivity index (χ1) is 12.8. The molecule has 1 amide bonds. The molecular weight excluding hydrogens is 385 g/mol. The summed E-state index contributed by atoms with van der Waals surface area (Å²) in [4.78, 5) is 16.2. The Balaban J connectivity index is 1.80. The SMILES string of the molecule is O=C(Cc1cc(C(F)(F)F)cc(Cl)n1)NC(c1ccccc1)c1nn[nH]n1. The molecule has 0 aliphatic rings. The van der Waals surface area contributed by atoms with Crippen LogP contribution >= 0.6 is 11.6 Å². The number of halogens is 4. The van der Waals surface area contributed by atoms with E-state index in [1.54, 1.807) is 30.3 Å². The summed E-state index contributed by atoms with van der Waals surface area (Å²) in [7, 11) is 0. The van der Waals surface area contributed by atoms with Gasteiger partial charge in [0, 0.05) is 0 Å². The third-order valence-electron chi connectivity index (χ3n) is 3.57. The molecular formula is C16H12ClF3N6O. The van der Waals surface area contributed by atoms with Gasteiger partial charge in [0.15, 0.2) is 0 Å². The zero-order chi connectivity index (χ0) is 19.4. The van der Waals surface area contributed by atoms with Crippen LogP contribution in [0.1, 0.15) is 28.7 Å². The lowest BCUT2D eigenvalue weighted by Crippen LogP contribution is -2.31. The number of nitrogens with one attached hydrogen (secondary N) is 2. The van der Waals surface area contributed by atoms with Crippen LogP contribution in [-0.4, -0.2) is 31.5 Å². The fourth-order valence-electron chi connectivity index (χ4n) is 2.42. The summed E-state index contributed by atoms with van der Waals surface area (Å²) in [6.07, 6.45) is -4.99. The summed E-state index contributed by atoms with van der Waals surface area (Å²) < 4.78 is 38.7. The fraction of sp³-hybridized carbons (Fsp3) is 0.188. The van der Waals surface area contributed by atoms with Crippen molar-refractivity contribution in [3.05, 3.63) is 70.3 Å². The smallest absolute Gasteiger partial charge is 0.342 e. The average Bonchev–Trinajstić information content (AvgIpc) is 3.13. The first-order valence-corrected chi connectivity index (χ1v) is 8.02. The summed E-state index contributed by atoms with van der Waals surface area (Å²) in [6.45, 7) is 0. The van der Waals surface area contributed by atoms with Crippen molar-refractivity contribution < 1.29 is 18.0 Å². The molecule has 2 heterocycles. The van der Waals surface area contributed by atoms with Gasteiger partial charge >= 0.3 is 6.18 Å². The first kappa shape index (κ1) is 18.8. The molecule has 2 N–H and O–H groups in total. The fourth-order valence-corrected chi connectivity index (χ4v) is 2.64. The predicted molar refractivity (Wildman–Crippen MR) is 88.6 cm³/mol. The van der Waals surface area contributed by atoms with Gasteiger partial charge in [-0.2, -0.15) is 18.4 Å². The minimum absolute atomic E-state index is 0.104. The van der Waals surface area contributed by atoms with Crippen LogP contribution in [0.3, 0.4) is 0 Å². The van der Waals surface area contributed by atoms with Gasteiger partial charge in [-0.05, 0) is 17.7 Å². The van der Waals surface area contributed by atoms with Gasteiger partial charge in [0.05, 0.1) is 17.7 Å². The van der Waals surface area contributed by atoms with Crippen LogP contribution in [-0.2, 0) is 17.4 Å². The van der Waals surface area contributed by atoms with Gasteiger partial charge in [0.25, 0.3) is 0 Å². The summed E-state index contributed by atoms with van der Waals surface area (Å²) in [5.74, 6) is -0.360. The van der Waals surface area contributed by atoms with Gasteiger partial charge in [-0.1, -0.05) is 47.1 Å². The monoisotopic (exact) mass is 396 g/mol. The van der Waals surface area contributed by atoms with Crippen molar-refractivity contribution in [3.8, 4) is 0 Å². The first-order valence-electron chi connectivity index (χ1n) is 7.64. The van der Waals surface area contributed by atoms with Crippen molar-refractivity contribution in [1.82, 2.24) is 30.9 Å². The number of hydrogen-bond acceptors (Lipinski definition) is 5.